The van der Waals surface area contributed by atoms with E-state index in [9.17, 15) is 9.59 Å². The van der Waals surface area contributed by atoms with E-state index in [1.807, 2.05) is 36.9 Å². The van der Waals surface area contributed by atoms with Gasteiger partial charge in [0.2, 0.25) is 11.8 Å². The molecule has 1 N–H and O–H groups in total. The van der Waals surface area contributed by atoms with Gasteiger partial charge in [0, 0.05) is 18.2 Å². The number of hydrogen-bond acceptors (Lipinski definition) is 4. The standard InChI is InChI=1S/C26H33N3O3/c1-15(2)24-28-20-11-19(5-6-22(20)32-24)27-23(30)21-4-3-7-29(21)25(31)26-12-16-8-17(13-26)10-18(9-16)14-26/h5-6,11,15-18,21H,3-4,7-10,12-14H2,1-2H3,(H,27,30). The summed E-state index contributed by atoms with van der Waals surface area (Å²) in [5.74, 6) is 3.28. The highest BCUT2D eigenvalue weighted by Crippen LogP contribution is 2.60. The summed E-state index contributed by atoms with van der Waals surface area (Å²) in [4.78, 5) is 33.6. The number of likely N-dealkylation sites (tertiary alicyclic amines) is 1. The highest BCUT2D eigenvalue weighted by Gasteiger charge is 2.56. The Balaban J connectivity index is 1.19. The normalized spacial score (nSPS) is 33.4. The minimum absolute atomic E-state index is 0.0764. The molecule has 0 radical (unpaired) electrons. The molecular weight excluding hydrogens is 402 g/mol. The van der Waals surface area contributed by atoms with Crippen molar-refractivity contribution >= 4 is 28.6 Å². The van der Waals surface area contributed by atoms with Crippen molar-refractivity contribution in [2.24, 2.45) is 23.2 Å². The number of hydrogen-bond donors (Lipinski definition) is 1. The fourth-order valence-electron chi connectivity index (χ4n) is 7.46. The van der Waals surface area contributed by atoms with Crippen LogP contribution in [-0.4, -0.2) is 34.3 Å². The van der Waals surface area contributed by atoms with Crippen molar-refractivity contribution in [3.8, 4) is 0 Å². The van der Waals surface area contributed by atoms with Gasteiger partial charge in [-0.05, 0) is 87.3 Å². The van der Waals surface area contributed by atoms with E-state index in [1.165, 1.54) is 19.3 Å². The maximum atomic E-state index is 13.8. The summed E-state index contributed by atoms with van der Waals surface area (Å²) < 4.78 is 5.78. The molecule has 4 aliphatic carbocycles. The van der Waals surface area contributed by atoms with Crippen LogP contribution in [0.2, 0.25) is 0 Å². The molecular formula is C26H33N3O3. The number of carbonyl (C=O) groups excluding carboxylic acids is 2. The first kappa shape index (κ1) is 20.3. The molecule has 5 aliphatic rings. The van der Waals surface area contributed by atoms with Crippen molar-refractivity contribution in [3.63, 3.8) is 0 Å². The highest BCUT2D eigenvalue weighted by molar-refractivity contribution is 5.99. The lowest BCUT2D eigenvalue weighted by atomic mass is 9.49. The van der Waals surface area contributed by atoms with Crippen LogP contribution in [0.3, 0.4) is 0 Å². The number of carbonyl (C=O) groups is 2. The molecule has 5 fully saturated rings. The van der Waals surface area contributed by atoms with Crippen LogP contribution in [0.15, 0.2) is 22.6 Å². The van der Waals surface area contributed by atoms with Gasteiger partial charge in [0.05, 0.1) is 5.41 Å². The van der Waals surface area contributed by atoms with Crippen LogP contribution >= 0.6 is 0 Å². The van der Waals surface area contributed by atoms with Crippen LogP contribution in [-0.2, 0) is 9.59 Å². The molecule has 170 valence electrons. The topological polar surface area (TPSA) is 75.4 Å². The van der Waals surface area contributed by atoms with Gasteiger partial charge in [-0.3, -0.25) is 9.59 Å². The molecule has 32 heavy (non-hydrogen) atoms. The second kappa shape index (κ2) is 7.32. The summed E-state index contributed by atoms with van der Waals surface area (Å²) in [6.07, 6.45) is 8.74. The Hall–Kier alpha value is -2.37. The predicted molar refractivity (Wildman–Crippen MR) is 122 cm³/mol. The first-order chi connectivity index (χ1) is 15.4. The first-order valence-electron chi connectivity index (χ1n) is 12.4. The van der Waals surface area contributed by atoms with Crippen LogP contribution in [0.4, 0.5) is 5.69 Å². The van der Waals surface area contributed by atoms with Gasteiger partial charge in [0.15, 0.2) is 11.5 Å². The van der Waals surface area contributed by atoms with Gasteiger partial charge in [-0.25, -0.2) is 4.98 Å². The van der Waals surface area contributed by atoms with E-state index in [0.29, 0.717) is 18.1 Å². The molecule has 1 saturated heterocycles. The fourth-order valence-corrected chi connectivity index (χ4v) is 7.46. The number of fused-ring (bicyclic) bond motifs is 1. The van der Waals surface area contributed by atoms with Gasteiger partial charge in [0.1, 0.15) is 11.6 Å². The Morgan fingerprint density at radius 2 is 1.81 bits per heavy atom. The van der Waals surface area contributed by atoms with Crippen molar-refractivity contribution in [1.29, 1.82) is 0 Å². The molecule has 4 saturated carbocycles. The number of benzene rings is 1. The Morgan fingerprint density at radius 3 is 2.47 bits per heavy atom. The van der Waals surface area contributed by atoms with E-state index >= 15 is 0 Å². The SMILES string of the molecule is CC(C)c1nc2cc(NC(=O)C3CCCN3C(=O)C34CC5CC(CC(C5)C3)C4)ccc2o1. The zero-order valence-electron chi connectivity index (χ0n) is 19.1. The summed E-state index contributed by atoms with van der Waals surface area (Å²) in [6, 6.07) is 5.21. The highest BCUT2D eigenvalue weighted by atomic mass is 16.3. The summed E-state index contributed by atoms with van der Waals surface area (Å²) in [6.45, 7) is 4.80. The third-order valence-electron chi connectivity index (χ3n) is 8.47. The Kier molecular flexibility index (Phi) is 4.63. The van der Waals surface area contributed by atoms with Gasteiger partial charge in [-0.1, -0.05) is 13.8 Å². The molecule has 7 rings (SSSR count). The molecule has 2 heterocycles. The van der Waals surface area contributed by atoms with Crippen LogP contribution in [0.5, 0.6) is 0 Å². The summed E-state index contributed by atoms with van der Waals surface area (Å²) in [5, 5.41) is 3.06. The van der Waals surface area contributed by atoms with E-state index < -0.39 is 0 Å². The van der Waals surface area contributed by atoms with Gasteiger partial charge >= 0.3 is 0 Å². The minimum atomic E-state index is -0.366. The first-order valence-corrected chi connectivity index (χ1v) is 12.4. The number of anilines is 1. The second-order valence-electron chi connectivity index (χ2n) is 11.2. The summed E-state index contributed by atoms with van der Waals surface area (Å²) in [5.41, 5.74) is 2.00. The van der Waals surface area contributed by atoms with Crippen LogP contribution in [0, 0.1) is 23.2 Å². The van der Waals surface area contributed by atoms with Crippen molar-refractivity contribution < 1.29 is 14.0 Å². The molecule has 1 aromatic heterocycles. The van der Waals surface area contributed by atoms with Gasteiger partial charge in [-0.15, -0.1) is 0 Å². The second-order valence-corrected chi connectivity index (χ2v) is 11.2. The molecule has 0 spiro atoms. The molecule has 1 aliphatic heterocycles. The van der Waals surface area contributed by atoms with Gasteiger partial charge in [0.25, 0.3) is 0 Å². The lowest BCUT2D eigenvalue weighted by molar-refractivity contribution is -0.160. The van der Waals surface area contributed by atoms with Crippen LogP contribution in [0.1, 0.15) is 77.0 Å². The maximum absolute atomic E-state index is 13.8. The van der Waals surface area contributed by atoms with E-state index in [1.54, 1.807) is 0 Å². The van der Waals surface area contributed by atoms with E-state index in [0.717, 1.165) is 61.0 Å². The molecule has 1 atom stereocenters. The number of nitrogens with one attached hydrogen (secondary N) is 1. The van der Waals surface area contributed by atoms with Crippen molar-refractivity contribution in [2.45, 2.75) is 77.2 Å². The third kappa shape index (κ3) is 3.25. The minimum Gasteiger partial charge on any atom is -0.440 e. The van der Waals surface area contributed by atoms with Crippen LogP contribution in [0.25, 0.3) is 11.1 Å². The Morgan fingerprint density at radius 1 is 1.12 bits per heavy atom. The van der Waals surface area contributed by atoms with Gasteiger partial charge < -0.3 is 14.6 Å². The Bertz CT molecular complexity index is 1040. The lowest BCUT2D eigenvalue weighted by Gasteiger charge is -2.56. The molecule has 2 amide bonds. The average molecular weight is 436 g/mol. The molecule has 2 aromatic rings. The Labute approximate surface area is 189 Å². The quantitative estimate of drug-likeness (QED) is 0.725. The van der Waals surface area contributed by atoms with Gasteiger partial charge in [-0.2, -0.15) is 0 Å². The van der Waals surface area contributed by atoms with Crippen molar-refractivity contribution in [2.75, 3.05) is 11.9 Å². The number of amides is 2. The smallest absolute Gasteiger partial charge is 0.247 e. The summed E-state index contributed by atoms with van der Waals surface area (Å²) in [7, 11) is 0. The number of oxazole rings is 1. The zero-order valence-corrected chi connectivity index (χ0v) is 19.1. The molecule has 1 unspecified atom stereocenters. The number of nitrogens with zero attached hydrogens (tertiary/aromatic N) is 2. The lowest BCUT2D eigenvalue weighted by Crippen LogP contribution is -2.56. The number of aromatic nitrogens is 1. The predicted octanol–water partition coefficient (Wildman–Crippen LogP) is 5.10. The number of rotatable bonds is 4. The maximum Gasteiger partial charge on any atom is 0.247 e. The largest absolute Gasteiger partial charge is 0.440 e. The molecule has 4 bridgehead atoms. The summed E-state index contributed by atoms with van der Waals surface area (Å²) >= 11 is 0. The third-order valence-corrected chi connectivity index (χ3v) is 8.47. The van der Waals surface area contributed by atoms with Crippen LogP contribution < -0.4 is 5.32 Å². The van der Waals surface area contributed by atoms with Crippen molar-refractivity contribution in [1.82, 2.24) is 9.88 Å². The average Bonchev–Trinajstić information content (AvgIpc) is 3.39. The zero-order chi connectivity index (χ0) is 22.0. The van der Waals surface area contributed by atoms with E-state index in [4.69, 9.17) is 4.42 Å². The van der Waals surface area contributed by atoms with E-state index in [-0.39, 0.29) is 29.2 Å². The molecule has 6 heteroatoms. The molecule has 1 aromatic carbocycles. The van der Waals surface area contributed by atoms with E-state index in [2.05, 4.69) is 10.3 Å². The monoisotopic (exact) mass is 435 g/mol. The van der Waals surface area contributed by atoms with Crippen molar-refractivity contribution in [3.05, 3.63) is 24.1 Å². The fraction of sp³-hybridized carbons (Fsp3) is 0.654. The molecule has 6 nitrogen and oxygen atoms in total.